The third-order valence-electron chi connectivity index (χ3n) is 5.90. The van der Waals surface area contributed by atoms with Crippen molar-refractivity contribution in [2.24, 2.45) is 0 Å². The summed E-state index contributed by atoms with van der Waals surface area (Å²) in [5, 5.41) is 13.9. The summed E-state index contributed by atoms with van der Waals surface area (Å²) in [6.45, 7) is 9.48. The van der Waals surface area contributed by atoms with Gasteiger partial charge in [-0.05, 0) is 72.0 Å². The Kier molecular flexibility index (Phi) is 6.80. The van der Waals surface area contributed by atoms with Crippen LogP contribution in [0.3, 0.4) is 0 Å². The van der Waals surface area contributed by atoms with Gasteiger partial charge >= 0.3 is 0 Å². The van der Waals surface area contributed by atoms with E-state index in [2.05, 4.69) is 26.1 Å². The summed E-state index contributed by atoms with van der Waals surface area (Å²) in [6, 6.07) is 17.1. The predicted octanol–water partition coefficient (Wildman–Crippen LogP) is 5.45. The number of carbonyl (C=O) groups is 1. The first kappa shape index (κ1) is 23.6. The first-order valence-corrected chi connectivity index (χ1v) is 11.6. The van der Waals surface area contributed by atoms with Gasteiger partial charge in [-0.1, -0.05) is 32.9 Å². The summed E-state index contributed by atoms with van der Waals surface area (Å²) in [6.07, 6.45) is 2.61. The van der Waals surface area contributed by atoms with E-state index in [0.29, 0.717) is 30.0 Å². The third kappa shape index (κ3) is 5.34. The van der Waals surface area contributed by atoms with E-state index in [1.807, 2.05) is 61.5 Å². The van der Waals surface area contributed by atoms with Gasteiger partial charge in [0.25, 0.3) is 5.91 Å². The lowest BCUT2D eigenvalue weighted by Crippen LogP contribution is -2.37. The highest BCUT2D eigenvalue weighted by Crippen LogP contribution is 2.31. The van der Waals surface area contributed by atoms with Crippen molar-refractivity contribution in [3.63, 3.8) is 0 Å². The summed E-state index contributed by atoms with van der Waals surface area (Å²) in [5.41, 5.74) is 4.18. The molecule has 0 bridgehead atoms. The van der Waals surface area contributed by atoms with Crippen LogP contribution in [-0.2, 0) is 12.0 Å². The standard InChI is InChI=1S/C28H32N2O4/c1-5-33-23-12-13-25-20(16-23)15-21(26(31)29-25)17-30(18-24-7-6-14-34-24)27(32)19-8-10-22(11-9-19)28(2,3)4/h6-16,26,29,31H,5,17-18H2,1-4H3. The average molecular weight is 461 g/mol. The molecule has 6 nitrogen and oxygen atoms in total. The van der Waals surface area contributed by atoms with Crippen molar-refractivity contribution in [1.29, 1.82) is 0 Å². The highest BCUT2D eigenvalue weighted by Gasteiger charge is 2.25. The molecule has 3 aromatic rings. The Bertz CT molecular complexity index is 1160. The second kappa shape index (κ2) is 9.77. The second-order valence-electron chi connectivity index (χ2n) is 9.52. The minimum atomic E-state index is -0.902. The fraction of sp³-hybridized carbons (Fsp3) is 0.321. The fourth-order valence-electron chi connectivity index (χ4n) is 4.00. The van der Waals surface area contributed by atoms with Crippen molar-refractivity contribution in [3.05, 3.63) is 88.9 Å². The molecule has 6 heteroatoms. The molecule has 178 valence electrons. The molecule has 0 fully saturated rings. The maximum atomic E-state index is 13.5. The highest BCUT2D eigenvalue weighted by atomic mass is 16.5. The van der Waals surface area contributed by atoms with E-state index in [0.717, 1.165) is 22.6 Å². The number of hydrogen-bond donors (Lipinski definition) is 2. The van der Waals surface area contributed by atoms with E-state index < -0.39 is 6.23 Å². The number of amides is 1. The number of anilines is 1. The number of hydrogen-bond acceptors (Lipinski definition) is 5. The highest BCUT2D eigenvalue weighted by molar-refractivity contribution is 5.94. The van der Waals surface area contributed by atoms with E-state index >= 15 is 0 Å². The fourth-order valence-corrected chi connectivity index (χ4v) is 4.00. The Morgan fingerprint density at radius 1 is 1.12 bits per heavy atom. The van der Waals surface area contributed by atoms with E-state index in [1.165, 1.54) is 0 Å². The lowest BCUT2D eigenvalue weighted by Gasteiger charge is -2.29. The quantitative estimate of drug-likeness (QED) is 0.491. The van der Waals surface area contributed by atoms with Crippen LogP contribution in [0.1, 0.15) is 54.9 Å². The number of fused-ring (bicyclic) bond motifs is 1. The number of aliphatic hydroxyl groups excluding tert-OH is 1. The van der Waals surface area contributed by atoms with Crippen LogP contribution in [-0.4, -0.2) is 35.3 Å². The van der Waals surface area contributed by atoms with Crippen molar-refractivity contribution in [1.82, 2.24) is 4.90 Å². The number of rotatable bonds is 7. The van der Waals surface area contributed by atoms with E-state index in [9.17, 15) is 9.90 Å². The monoisotopic (exact) mass is 460 g/mol. The zero-order chi connectivity index (χ0) is 24.3. The summed E-state index contributed by atoms with van der Waals surface area (Å²) in [7, 11) is 0. The summed E-state index contributed by atoms with van der Waals surface area (Å²) < 4.78 is 11.1. The maximum Gasteiger partial charge on any atom is 0.254 e. The molecule has 1 amide bonds. The molecule has 1 aliphatic heterocycles. The second-order valence-corrected chi connectivity index (χ2v) is 9.52. The Labute approximate surface area is 200 Å². The van der Waals surface area contributed by atoms with E-state index in [4.69, 9.17) is 9.15 Å². The smallest absolute Gasteiger partial charge is 0.254 e. The Morgan fingerprint density at radius 3 is 2.53 bits per heavy atom. The first-order chi connectivity index (χ1) is 16.2. The molecule has 0 radical (unpaired) electrons. The largest absolute Gasteiger partial charge is 0.494 e. The molecule has 1 unspecified atom stereocenters. The molecule has 2 N–H and O–H groups in total. The summed E-state index contributed by atoms with van der Waals surface area (Å²) in [5.74, 6) is 1.31. The zero-order valence-electron chi connectivity index (χ0n) is 20.2. The van der Waals surface area contributed by atoms with Gasteiger partial charge in [0.2, 0.25) is 0 Å². The molecule has 1 aromatic heterocycles. The Morgan fingerprint density at radius 2 is 1.88 bits per heavy atom. The van der Waals surface area contributed by atoms with Crippen LogP contribution in [0.4, 0.5) is 5.69 Å². The number of nitrogens with one attached hydrogen (secondary N) is 1. The molecule has 2 heterocycles. The number of benzene rings is 2. The van der Waals surface area contributed by atoms with Gasteiger partial charge in [0.15, 0.2) is 0 Å². The number of aliphatic hydroxyl groups is 1. The number of carbonyl (C=O) groups excluding carboxylic acids is 1. The molecule has 0 aliphatic carbocycles. The van der Waals surface area contributed by atoms with Gasteiger partial charge < -0.3 is 24.5 Å². The summed E-state index contributed by atoms with van der Waals surface area (Å²) in [4.78, 5) is 15.2. The first-order valence-electron chi connectivity index (χ1n) is 11.6. The Hall–Kier alpha value is -3.51. The SMILES string of the molecule is CCOc1ccc2c(c1)C=C(CN(Cc1ccco1)C(=O)c1ccc(C(C)(C)C)cc1)C(O)N2. The van der Waals surface area contributed by atoms with Crippen molar-refractivity contribution in [2.75, 3.05) is 18.5 Å². The zero-order valence-corrected chi connectivity index (χ0v) is 20.2. The number of ether oxygens (including phenoxy) is 1. The van der Waals surface area contributed by atoms with Gasteiger partial charge in [0.1, 0.15) is 17.7 Å². The van der Waals surface area contributed by atoms with Crippen LogP contribution in [0.2, 0.25) is 0 Å². The van der Waals surface area contributed by atoms with Crippen molar-refractivity contribution < 1.29 is 19.1 Å². The van der Waals surface area contributed by atoms with Crippen LogP contribution in [0.15, 0.2) is 70.9 Å². The topological polar surface area (TPSA) is 74.9 Å². The van der Waals surface area contributed by atoms with Crippen LogP contribution >= 0.6 is 0 Å². The summed E-state index contributed by atoms with van der Waals surface area (Å²) >= 11 is 0. The van der Waals surface area contributed by atoms with Gasteiger partial charge in [0, 0.05) is 23.4 Å². The lowest BCUT2D eigenvalue weighted by atomic mass is 9.86. The van der Waals surface area contributed by atoms with Crippen LogP contribution < -0.4 is 10.1 Å². The predicted molar refractivity (Wildman–Crippen MR) is 134 cm³/mol. The van der Waals surface area contributed by atoms with E-state index in [1.54, 1.807) is 17.2 Å². The minimum absolute atomic E-state index is 0.00581. The molecule has 34 heavy (non-hydrogen) atoms. The molecule has 2 aromatic carbocycles. The van der Waals surface area contributed by atoms with Crippen LogP contribution in [0.25, 0.3) is 6.08 Å². The van der Waals surface area contributed by atoms with Gasteiger partial charge in [-0.15, -0.1) is 0 Å². The third-order valence-corrected chi connectivity index (χ3v) is 5.90. The van der Waals surface area contributed by atoms with Gasteiger partial charge in [-0.25, -0.2) is 0 Å². The number of furan rings is 1. The molecular formula is C28H32N2O4. The van der Waals surface area contributed by atoms with Crippen LogP contribution in [0.5, 0.6) is 5.75 Å². The molecule has 0 spiro atoms. The van der Waals surface area contributed by atoms with E-state index in [-0.39, 0.29) is 17.9 Å². The molecule has 1 atom stereocenters. The van der Waals surface area contributed by atoms with Crippen molar-refractivity contribution >= 4 is 17.7 Å². The number of nitrogens with zero attached hydrogens (tertiary/aromatic N) is 1. The van der Waals surface area contributed by atoms with Gasteiger partial charge in [0.05, 0.1) is 19.4 Å². The molecule has 4 rings (SSSR count). The normalized spacial score (nSPS) is 15.2. The molecular weight excluding hydrogens is 428 g/mol. The van der Waals surface area contributed by atoms with Crippen molar-refractivity contribution in [2.45, 2.75) is 45.9 Å². The molecule has 0 saturated carbocycles. The minimum Gasteiger partial charge on any atom is -0.494 e. The molecule has 1 aliphatic rings. The van der Waals surface area contributed by atoms with Crippen LogP contribution in [0, 0.1) is 0 Å². The lowest BCUT2D eigenvalue weighted by molar-refractivity contribution is 0.0738. The average Bonchev–Trinajstić information content (AvgIpc) is 3.32. The van der Waals surface area contributed by atoms with Crippen molar-refractivity contribution in [3.8, 4) is 5.75 Å². The van der Waals surface area contributed by atoms with Gasteiger partial charge in [-0.2, -0.15) is 0 Å². The maximum absolute atomic E-state index is 13.5. The molecule has 0 saturated heterocycles. The van der Waals surface area contributed by atoms with Gasteiger partial charge in [-0.3, -0.25) is 4.79 Å². The Balaban J connectivity index is 1.62.